The Morgan fingerprint density at radius 3 is 2.41 bits per heavy atom. The van der Waals surface area contributed by atoms with Crippen molar-refractivity contribution in [1.82, 2.24) is 19.7 Å². The number of thiazole rings is 1. The Hall–Kier alpha value is -2.39. The molecule has 0 atom stereocenters. The summed E-state index contributed by atoms with van der Waals surface area (Å²) in [6.07, 6.45) is 2.08. The first kappa shape index (κ1) is 22.8. The molecule has 2 saturated heterocycles. The summed E-state index contributed by atoms with van der Waals surface area (Å²) in [6.45, 7) is 6.77. The van der Waals surface area contributed by atoms with Crippen LogP contribution in [0.15, 0.2) is 23.6 Å². The van der Waals surface area contributed by atoms with Crippen molar-refractivity contribution >= 4 is 23.2 Å². The van der Waals surface area contributed by atoms with Crippen molar-refractivity contribution in [3.8, 4) is 0 Å². The maximum Gasteiger partial charge on any atom is 0.256 e. The van der Waals surface area contributed by atoms with E-state index in [4.69, 9.17) is 0 Å². The van der Waals surface area contributed by atoms with E-state index in [0.717, 1.165) is 48.9 Å². The van der Waals surface area contributed by atoms with Crippen LogP contribution in [-0.2, 0) is 17.8 Å². The number of hydrogen-bond acceptors (Lipinski definition) is 5. The van der Waals surface area contributed by atoms with Crippen LogP contribution >= 0.6 is 11.3 Å². The standard InChI is InChI=1S/C23H28F2N4O2S/c1-2-21-26-18(15-32-21)14-27-9-11-29(12-10-27)22(30)16-5-7-28(8-6-16)23(31)19-4-3-17(24)13-20(19)25/h3-4,13,15-16H,2,5-12,14H2,1H3. The van der Waals surface area contributed by atoms with Crippen molar-refractivity contribution in [3.05, 3.63) is 51.5 Å². The number of rotatable bonds is 5. The lowest BCUT2D eigenvalue weighted by molar-refractivity contribution is -0.138. The van der Waals surface area contributed by atoms with Gasteiger partial charge < -0.3 is 9.80 Å². The lowest BCUT2D eigenvalue weighted by atomic mass is 9.94. The van der Waals surface area contributed by atoms with Crippen molar-refractivity contribution in [2.24, 2.45) is 5.92 Å². The number of likely N-dealkylation sites (tertiary alicyclic amines) is 1. The second kappa shape index (κ2) is 10.0. The van der Waals surface area contributed by atoms with Crippen LogP contribution in [0.4, 0.5) is 8.78 Å². The molecule has 1 aromatic heterocycles. The number of carbonyl (C=O) groups excluding carboxylic acids is 2. The molecule has 0 bridgehead atoms. The Morgan fingerprint density at radius 2 is 1.78 bits per heavy atom. The van der Waals surface area contributed by atoms with Gasteiger partial charge in [0, 0.05) is 63.2 Å². The molecular weight excluding hydrogens is 434 g/mol. The van der Waals surface area contributed by atoms with Crippen LogP contribution in [-0.4, -0.2) is 70.8 Å². The van der Waals surface area contributed by atoms with Crippen molar-refractivity contribution in [3.63, 3.8) is 0 Å². The maximum absolute atomic E-state index is 13.9. The summed E-state index contributed by atoms with van der Waals surface area (Å²) >= 11 is 1.70. The summed E-state index contributed by atoms with van der Waals surface area (Å²) in [7, 11) is 0. The number of aromatic nitrogens is 1. The first-order valence-corrected chi connectivity index (χ1v) is 12.0. The van der Waals surface area contributed by atoms with Gasteiger partial charge in [0.15, 0.2) is 0 Å². The van der Waals surface area contributed by atoms with E-state index in [1.807, 2.05) is 4.90 Å². The van der Waals surface area contributed by atoms with Gasteiger partial charge in [-0.15, -0.1) is 11.3 Å². The molecule has 0 N–H and O–H groups in total. The molecule has 0 unspecified atom stereocenters. The highest BCUT2D eigenvalue weighted by Gasteiger charge is 2.32. The molecule has 3 heterocycles. The van der Waals surface area contributed by atoms with Crippen LogP contribution in [0.3, 0.4) is 0 Å². The van der Waals surface area contributed by atoms with E-state index in [2.05, 4.69) is 22.2 Å². The molecule has 0 spiro atoms. The van der Waals surface area contributed by atoms with Crippen LogP contribution < -0.4 is 0 Å². The molecule has 0 saturated carbocycles. The monoisotopic (exact) mass is 462 g/mol. The van der Waals surface area contributed by atoms with E-state index in [-0.39, 0.29) is 17.4 Å². The number of amides is 2. The number of piperidine rings is 1. The van der Waals surface area contributed by atoms with Crippen molar-refractivity contribution in [1.29, 1.82) is 0 Å². The Balaban J connectivity index is 1.24. The van der Waals surface area contributed by atoms with Crippen LogP contribution in [0.5, 0.6) is 0 Å². The van der Waals surface area contributed by atoms with Gasteiger partial charge in [-0.25, -0.2) is 13.8 Å². The smallest absolute Gasteiger partial charge is 0.256 e. The van der Waals surface area contributed by atoms with Crippen LogP contribution in [0.1, 0.15) is 40.8 Å². The zero-order valence-electron chi connectivity index (χ0n) is 18.2. The second-order valence-corrected chi connectivity index (χ2v) is 9.32. The number of carbonyl (C=O) groups is 2. The minimum atomic E-state index is -0.852. The Labute approximate surface area is 190 Å². The summed E-state index contributed by atoms with van der Waals surface area (Å²) < 4.78 is 27.0. The predicted molar refractivity (Wildman–Crippen MR) is 118 cm³/mol. The average molecular weight is 463 g/mol. The third-order valence-corrected chi connectivity index (χ3v) is 7.31. The van der Waals surface area contributed by atoms with Gasteiger partial charge in [0.05, 0.1) is 16.3 Å². The van der Waals surface area contributed by atoms with E-state index in [1.54, 1.807) is 16.2 Å². The van der Waals surface area contributed by atoms with E-state index >= 15 is 0 Å². The van der Waals surface area contributed by atoms with Gasteiger partial charge in [-0.3, -0.25) is 14.5 Å². The molecule has 2 aromatic rings. The van der Waals surface area contributed by atoms with Crippen LogP contribution in [0.25, 0.3) is 0 Å². The molecule has 0 aliphatic carbocycles. The van der Waals surface area contributed by atoms with E-state index < -0.39 is 17.5 Å². The number of piperazine rings is 1. The van der Waals surface area contributed by atoms with E-state index in [0.29, 0.717) is 39.0 Å². The lowest BCUT2D eigenvalue weighted by Crippen LogP contribution is -2.51. The van der Waals surface area contributed by atoms with Crippen LogP contribution in [0.2, 0.25) is 0 Å². The number of nitrogens with zero attached hydrogens (tertiary/aromatic N) is 4. The summed E-state index contributed by atoms with van der Waals surface area (Å²) in [6, 6.07) is 2.99. The van der Waals surface area contributed by atoms with Gasteiger partial charge >= 0.3 is 0 Å². The highest BCUT2D eigenvalue weighted by Crippen LogP contribution is 2.23. The van der Waals surface area contributed by atoms with Gasteiger partial charge in [0.1, 0.15) is 11.6 Å². The summed E-state index contributed by atoms with van der Waals surface area (Å²) in [4.78, 5) is 36.0. The number of benzene rings is 1. The fourth-order valence-electron chi connectivity index (χ4n) is 4.36. The SMILES string of the molecule is CCc1nc(CN2CCN(C(=O)C3CCN(C(=O)c4ccc(F)cc4F)CC3)CC2)cs1. The molecule has 32 heavy (non-hydrogen) atoms. The fourth-order valence-corrected chi connectivity index (χ4v) is 5.10. The predicted octanol–water partition coefficient (Wildman–Crippen LogP) is 3.18. The van der Waals surface area contributed by atoms with Crippen molar-refractivity contribution in [2.75, 3.05) is 39.3 Å². The zero-order chi connectivity index (χ0) is 22.7. The van der Waals surface area contributed by atoms with Gasteiger partial charge in [-0.1, -0.05) is 6.92 Å². The molecule has 0 radical (unpaired) electrons. The number of hydrogen-bond donors (Lipinski definition) is 0. The van der Waals surface area contributed by atoms with Gasteiger partial charge in [0.25, 0.3) is 5.91 Å². The second-order valence-electron chi connectivity index (χ2n) is 8.38. The highest BCUT2D eigenvalue weighted by atomic mass is 32.1. The third-order valence-electron chi connectivity index (χ3n) is 6.26. The quantitative estimate of drug-likeness (QED) is 0.685. The molecule has 172 valence electrons. The summed E-state index contributed by atoms with van der Waals surface area (Å²) in [5.41, 5.74) is 0.972. The zero-order valence-corrected chi connectivity index (χ0v) is 19.0. The third kappa shape index (κ3) is 5.15. The first-order valence-electron chi connectivity index (χ1n) is 11.1. The Kier molecular flexibility index (Phi) is 7.15. The molecule has 2 aliphatic heterocycles. The molecule has 4 rings (SSSR count). The fraction of sp³-hybridized carbons (Fsp3) is 0.522. The highest BCUT2D eigenvalue weighted by molar-refractivity contribution is 7.09. The molecule has 2 amide bonds. The minimum Gasteiger partial charge on any atom is -0.340 e. The topological polar surface area (TPSA) is 56.8 Å². The largest absolute Gasteiger partial charge is 0.340 e. The minimum absolute atomic E-state index is 0.116. The molecule has 6 nitrogen and oxygen atoms in total. The number of halogens is 2. The van der Waals surface area contributed by atoms with Gasteiger partial charge in [0.2, 0.25) is 5.91 Å². The molecule has 1 aromatic carbocycles. The first-order chi connectivity index (χ1) is 15.4. The molecular formula is C23H28F2N4O2S. The Bertz CT molecular complexity index is 967. The molecule has 2 fully saturated rings. The van der Waals surface area contributed by atoms with E-state index in [9.17, 15) is 18.4 Å². The molecule has 9 heteroatoms. The number of aryl methyl sites for hydroxylation is 1. The normalized spacial score (nSPS) is 18.2. The van der Waals surface area contributed by atoms with Crippen molar-refractivity contribution < 1.29 is 18.4 Å². The average Bonchev–Trinajstić information content (AvgIpc) is 3.26. The van der Waals surface area contributed by atoms with Gasteiger partial charge in [-0.05, 0) is 31.4 Å². The summed E-state index contributed by atoms with van der Waals surface area (Å²) in [5.74, 6) is -1.98. The van der Waals surface area contributed by atoms with Crippen molar-refractivity contribution in [2.45, 2.75) is 32.7 Å². The molecule has 2 aliphatic rings. The Morgan fingerprint density at radius 1 is 1.06 bits per heavy atom. The maximum atomic E-state index is 13.9. The van der Waals surface area contributed by atoms with Gasteiger partial charge in [-0.2, -0.15) is 0 Å². The summed E-state index contributed by atoms with van der Waals surface area (Å²) in [5, 5.41) is 3.27. The van der Waals surface area contributed by atoms with Crippen LogP contribution in [0, 0.1) is 17.6 Å². The lowest BCUT2D eigenvalue weighted by Gasteiger charge is -2.38. The van der Waals surface area contributed by atoms with E-state index in [1.165, 1.54) is 6.07 Å².